The summed E-state index contributed by atoms with van der Waals surface area (Å²) < 4.78 is 5.49. The molecule has 1 aromatic carbocycles. The van der Waals surface area contributed by atoms with Gasteiger partial charge in [-0.3, -0.25) is 15.0 Å². The van der Waals surface area contributed by atoms with E-state index in [1.807, 2.05) is 25.1 Å². The highest BCUT2D eigenvalue weighted by atomic mass is 16.5. The highest BCUT2D eigenvalue weighted by molar-refractivity contribution is 5.94. The van der Waals surface area contributed by atoms with Crippen LogP contribution in [0, 0.1) is 12.8 Å². The number of likely N-dealkylation sites (tertiary alicyclic amines) is 1. The second-order valence-electron chi connectivity index (χ2n) is 9.39. The SMILES string of the molecule is CCCC1(O)C(C)N(CC2CC2)CCC1(CC(=O)NC(N)=O)c1cc(OC)ccc1C. The molecule has 1 aliphatic carbocycles. The highest BCUT2D eigenvalue weighted by Crippen LogP contribution is 2.52. The number of amides is 3. The number of hydrogen-bond acceptors (Lipinski definition) is 5. The monoisotopic (exact) mass is 431 g/mol. The number of piperidine rings is 1. The van der Waals surface area contributed by atoms with E-state index < -0.39 is 23.0 Å². The molecule has 1 saturated carbocycles. The van der Waals surface area contributed by atoms with Crippen LogP contribution in [0.4, 0.5) is 4.79 Å². The number of carbonyl (C=O) groups excluding carboxylic acids is 2. The fourth-order valence-electron chi connectivity index (χ4n) is 5.56. The summed E-state index contributed by atoms with van der Waals surface area (Å²) in [4.78, 5) is 26.6. The number of nitrogens with zero attached hydrogens (tertiary/aromatic N) is 1. The van der Waals surface area contributed by atoms with Crippen LogP contribution in [-0.2, 0) is 10.2 Å². The molecule has 0 radical (unpaired) electrons. The molecule has 1 aromatic rings. The van der Waals surface area contributed by atoms with E-state index in [1.165, 1.54) is 12.8 Å². The van der Waals surface area contributed by atoms with E-state index in [1.54, 1.807) is 7.11 Å². The average molecular weight is 432 g/mol. The summed E-state index contributed by atoms with van der Waals surface area (Å²) in [6.45, 7) is 7.89. The Hall–Kier alpha value is -2.12. The van der Waals surface area contributed by atoms with Crippen LogP contribution in [0.15, 0.2) is 18.2 Å². The van der Waals surface area contributed by atoms with Crippen LogP contribution in [0.25, 0.3) is 0 Å². The fraction of sp³-hybridized carbons (Fsp3) is 0.667. The molecule has 31 heavy (non-hydrogen) atoms. The molecule has 3 amide bonds. The van der Waals surface area contributed by atoms with Gasteiger partial charge in [0.15, 0.2) is 0 Å². The van der Waals surface area contributed by atoms with Crippen LogP contribution in [0.2, 0.25) is 0 Å². The molecule has 172 valence electrons. The van der Waals surface area contributed by atoms with E-state index in [-0.39, 0.29) is 12.5 Å². The minimum absolute atomic E-state index is 0.0118. The first-order valence-electron chi connectivity index (χ1n) is 11.4. The Morgan fingerprint density at radius 1 is 1.35 bits per heavy atom. The van der Waals surface area contributed by atoms with Crippen LogP contribution >= 0.6 is 0 Å². The van der Waals surface area contributed by atoms with Gasteiger partial charge < -0.3 is 15.6 Å². The summed E-state index contributed by atoms with van der Waals surface area (Å²) in [6.07, 6.45) is 4.42. The standard InChI is InChI=1S/C24H37N3O4/c1-5-10-24(30)17(3)27(15-18-7-8-18)12-11-23(24,14-21(28)26-22(25)29)20-13-19(31-4)9-6-16(20)2/h6,9,13,17-18,30H,5,7-8,10-12,14-15H2,1-4H3,(H3,25,26,28,29). The second kappa shape index (κ2) is 9.17. The summed E-state index contributed by atoms with van der Waals surface area (Å²) in [5.41, 5.74) is 5.11. The number of rotatable bonds is 8. The second-order valence-corrected chi connectivity index (χ2v) is 9.39. The van der Waals surface area contributed by atoms with Gasteiger partial charge in [-0.2, -0.15) is 0 Å². The van der Waals surface area contributed by atoms with Gasteiger partial charge in [0.1, 0.15) is 5.75 Å². The molecule has 2 aliphatic rings. The third-order valence-electron chi connectivity index (χ3n) is 7.40. The number of primary amides is 1. The number of methoxy groups -OCH3 is 1. The molecule has 2 fully saturated rings. The van der Waals surface area contributed by atoms with E-state index in [0.717, 1.165) is 30.6 Å². The van der Waals surface area contributed by atoms with Crippen molar-refractivity contribution in [2.45, 2.75) is 76.4 Å². The van der Waals surface area contributed by atoms with E-state index in [4.69, 9.17) is 10.5 Å². The van der Waals surface area contributed by atoms with Crippen LogP contribution in [-0.4, -0.2) is 53.8 Å². The topological polar surface area (TPSA) is 105 Å². The van der Waals surface area contributed by atoms with Gasteiger partial charge in [-0.25, -0.2) is 4.79 Å². The third-order valence-corrected chi connectivity index (χ3v) is 7.40. The molecule has 7 heteroatoms. The molecule has 1 saturated heterocycles. The number of aryl methyl sites for hydroxylation is 1. The number of nitrogens with one attached hydrogen (secondary N) is 1. The molecule has 0 bridgehead atoms. The maximum Gasteiger partial charge on any atom is 0.318 e. The normalized spacial score (nSPS) is 28.9. The number of carbonyl (C=O) groups is 2. The Morgan fingerprint density at radius 3 is 2.65 bits per heavy atom. The summed E-state index contributed by atoms with van der Waals surface area (Å²) in [5.74, 6) is 0.923. The zero-order chi connectivity index (χ0) is 22.8. The van der Waals surface area contributed by atoms with Crippen molar-refractivity contribution in [2.75, 3.05) is 20.2 Å². The number of urea groups is 1. The predicted molar refractivity (Wildman–Crippen MR) is 120 cm³/mol. The molecule has 4 N–H and O–H groups in total. The van der Waals surface area contributed by atoms with Gasteiger partial charge in [0.2, 0.25) is 5.91 Å². The van der Waals surface area contributed by atoms with Crippen LogP contribution in [0.5, 0.6) is 5.75 Å². The van der Waals surface area contributed by atoms with Gasteiger partial charge >= 0.3 is 6.03 Å². The fourth-order valence-corrected chi connectivity index (χ4v) is 5.56. The Kier molecular flexibility index (Phi) is 6.96. The summed E-state index contributed by atoms with van der Waals surface area (Å²) in [5, 5.41) is 14.6. The van der Waals surface area contributed by atoms with Crippen molar-refractivity contribution in [2.24, 2.45) is 11.7 Å². The van der Waals surface area contributed by atoms with Crippen molar-refractivity contribution in [3.8, 4) is 5.75 Å². The predicted octanol–water partition coefficient (Wildman–Crippen LogP) is 2.86. The van der Waals surface area contributed by atoms with E-state index in [0.29, 0.717) is 24.5 Å². The quantitative estimate of drug-likeness (QED) is 0.587. The molecule has 0 spiro atoms. The lowest BCUT2D eigenvalue weighted by Gasteiger charge is -2.58. The Labute approximate surface area is 185 Å². The molecule has 7 nitrogen and oxygen atoms in total. The Balaban J connectivity index is 2.12. The summed E-state index contributed by atoms with van der Waals surface area (Å²) >= 11 is 0. The van der Waals surface area contributed by atoms with Crippen LogP contribution in [0.3, 0.4) is 0 Å². The zero-order valence-corrected chi connectivity index (χ0v) is 19.2. The molecule has 3 rings (SSSR count). The first-order chi connectivity index (χ1) is 14.7. The van der Waals surface area contributed by atoms with Crippen molar-refractivity contribution in [1.82, 2.24) is 10.2 Å². The molecular formula is C24H37N3O4. The van der Waals surface area contributed by atoms with Gasteiger partial charge in [-0.1, -0.05) is 19.4 Å². The lowest BCUT2D eigenvalue weighted by Crippen LogP contribution is -2.68. The third kappa shape index (κ3) is 4.58. The van der Waals surface area contributed by atoms with Crippen molar-refractivity contribution in [1.29, 1.82) is 0 Å². The van der Waals surface area contributed by atoms with Crippen LogP contribution < -0.4 is 15.8 Å². The van der Waals surface area contributed by atoms with E-state index in [9.17, 15) is 14.7 Å². The lowest BCUT2D eigenvalue weighted by molar-refractivity contribution is -0.151. The van der Waals surface area contributed by atoms with Crippen molar-refractivity contribution < 1.29 is 19.4 Å². The lowest BCUT2D eigenvalue weighted by atomic mass is 9.56. The average Bonchev–Trinajstić information content (AvgIpc) is 3.52. The number of ether oxygens (including phenoxy) is 1. The van der Waals surface area contributed by atoms with Gasteiger partial charge in [-0.15, -0.1) is 0 Å². The van der Waals surface area contributed by atoms with Crippen molar-refractivity contribution in [3.05, 3.63) is 29.3 Å². The first-order valence-corrected chi connectivity index (χ1v) is 11.4. The number of imide groups is 1. The molecule has 3 unspecified atom stereocenters. The molecular weight excluding hydrogens is 394 g/mol. The number of aliphatic hydroxyl groups is 1. The van der Waals surface area contributed by atoms with Gasteiger partial charge in [0.25, 0.3) is 0 Å². The summed E-state index contributed by atoms with van der Waals surface area (Å²) in [6, 6.07) is 4.79. The largest absolute Gasteiger partial charge is 0.497 e. The van der Waals surface area contributed by atoms with Crippen LogP contribution in [0.1, 0.15) is 63.5 Å². The van der Waals surface area contributed by atoms with Crippen molar-refractivity contribution >= 4 is 11.9 Å². The maximum atomic E-state index is 12.9. The minimum Gasteiger partial charge on any atom is -0.497 e. The minimum atomic E-state index is -1.15. The first kappa shape index (κ1) is 23.5. The zero-order valence-electron chi connectivity index (χ0n) is 19.2. The Bertz CT molecular complexity index is 825. The Morgan fingerprint density at radius 2 is 2.06 bits per heavy atom. The molecule has 0 aromatic heterocycles. The molecule has 1 aliphatic heterocycles. The molecule has 3 atom stereocenters. The van der Waals surface area contributed by atoms with Gasteiger partial charge in [-0.05, 0) is 75.3 Å². The van der Waals surface area contributed by atoms with E-state index in [2.05, 4.69) is 24.1 Å². The number of nitrogens with two attached hydrogens (primary N) is 1. The van der Waals surface area contributed by atoms with Gasteiger partial charge in [0.05, 0.1) is 12.7 Å². The van der Waals surface area contributed by atoms with Crippen molar-refractivity contribution in [3.63, 3.8) is 0 Å². The summed E-state index contributed by atoms with van der Waals surface area (Å²) in [7, 11) is 1.61. The van der Waals surface area contributed by atoms with E-state index >= 15 is 0 Å². The van der Waals surface area contributed by atoms with Gasteiger partial charge in [0, 0.05) is 24.4 Å². The molecule has 1 heterocycles. The number of hydrogen-bond donors (Lipinski definition) is 3. The maximum absolute atomic E-state index is 12.9. The smallest absolute Gasteiger partial charge is 0.318 e. The highest BCUT2D eigenvalue weighted by Gasteiger charge is 2.59. The number of benzene rings is 1.